The molecule has 0 unspecified atom stereocenters. The topological polar surface area (TPSA) is 24.1 Å². The van der Waals surface area contributed by atoms with Crippen molar-refractivity contribution >= 4 is 0 Å². The maximum absolute atomic E-state index is 3.61. The van der Waals surface area contributed by atoms with Crippen molar-refractivity contribution in [2.45, 2.75) is 53.4 Å². The van der Waals surface area contributed by atoms with Crippen LogP contribution in [0.1, 0.15) is 53.4 Å². The molecule has 1 rings (SSSR count). The third-order valence-electron chi connectivity index (χ3n) is 3.94. The first-order valence-electron chi connectivity index (χ1n) is 7.99. The van der Waals surface area contributed by atoms with Gasteiger partial charge in [0.15, 0.2) is 0 Å². The molecule has 1 fully saturated rings. The van der Waals surface area contributed by atoms with Gasteiger partial charge in [-0.3, -0.25) is 0 Å². The van der Waals surface area contributed by atoms with E-state index >= 15 is 0 Å². The molecular weight excluding hydrogens is 220 g/mol. The average Bonchev–Trinajstić information content (AvgIpc) is 2.30. The molecule has 2 N–H and O–H groups in total. The molecule has 0 aliphatic heterocycles. The van der Waals surface area contributed by atoms with Crippen molar-refractivity contribution in [3.8, 4) is 0 Å². The molecule has 2 heteroatoms. The summed E-state index contributed by atoms with van der Waals surface area (Å²) in [6.07, 6.45) is 5.72. The van der Waals surface area contributed by atoms with Gasteiger partial charge in [-0.15, -0.1) is 0 Å². The summed E-state index contributed by atoms with van der Waals surface area (Å²) in [5, 5.41) is 7.22. The minimum atomic E-state index is 0.779. The van der Waals surface area contributed by atoms with Gasteiger partial charge in [-0.05, 0) is 75.5 Å². The summed E-state index contributed by atoms with van der Waals surface area (Å²) < 4.78 is 0. The van der Waals surface area contributed by atoms with Crippen LogP contribution in [0.25, 0.3) is 0 Å². The SMILES string of the molecule is CC(C)CNCC1CCC(CNCC(C)C)CC1. The van der Waals surface area contributed by atoms with Crippen LogP contribution < -0.4 is 10.6 Å². The molecule has 0 aromatic heterocycles. The molecule has 0 amide bonds. The molecule has 1 aliphatic rings. The third kappa shape index (κ3) is 7.38. The molecule has 18 heavy (non-hydrogen) atoms. The van der Waals surface area contributed by atoms with Gasteiger partial charge in [0, 0.05) is 0 Å². The minimum absolute atomic E-state index is 0.779. The van der Waals surface area contributed by atoms with Gasteiger partial charge in [-0.1, -0.05) is 27.7 Å². The average molecular weight is 254 g/mol. The molecule has 108 valence electrons. The van der Waals surface area contributed by atoms with Gasteiger partial charge < -0.3 is 10.6 Å². The monoisotopic (exact) mass is 254 g/mol. The maximum Gasteiger partial charge on any atom is -0.00204 e. The van der Waals surface area contributed by atoms with Crippen molar-refractivity contribution in [2.75, 3.05) is 26.2 Å². The van der Waals surface area contributed by atoms with Gasteiger partial charge in [-0.25, -0.2) is 0 Å². The maximum atomic E-state index is 3.61. The van der Waals surface area contributed by atoms with Gasteiger partial charge in [0.05, 0.1) is 0 Å². The zero-order chi connectivity index (χ0) is 13.4. The lowest BCUT2D eigenvalue weighted by molar-refractivity contribution is 0.258. The van der Waals surface area contributed by atoms with Crippen LogP contribution in [0.2, 0.25) is 0 Å². The van der Waals surface area contributed by atoms with E-state index in [1.807, 2.05) is 0 Å². The van der Waals surface area contributed by atoms with E-state index in [-0.39, 0.29) is 0 Å². The largest absolute Gasteiger partial charge is 0.316 e. The van der Waals surface area contributed by atoms with Crippen LogP contribution in [0.4, 0.5) is 0 Å². The van der Waals surface area contributed by atoms with Crippen LogP contribution in [0.5, 0.6) is 0 Å². The Morgan fingerprint density at radius 3 is 1.33 bits per heavy atom. The summed E-state index contributed by atoms with van der Waals surface area (Å²) >= 11 is 0. The normalized spacial score (nSPS) is 25.0. The summed E-state index contributed by atoms with van der Waals surface area (Å²) in [6.45, 7) is 14.0. The highest BCUT2D eigenvalue weighted by molar-refractivity contribution is 4.75. The highest BCUT2D eigenvalue weighted by Crippen LogP contribution is 2.27. The molecule has 0 heterocycles. The predicted octanol–water partition coefficient (Wildman–Crippen LogP) is 3.28. The van der Waals surface area contributed by atoms with Crippen molar-refractivity contribution in [1.29, 1.82) is 0 Å². The Balaban J connectivity index is 2.02. The molecule has 0 saturated heterocycles. The van der Waals surface area contributed by atoms with E-state index in [4.69, 9.17) is 0 Å². The summed E-state index contributed by atoms with van der Waals surface area (Å²) in [5.41, 5.74) is 0. The molecule has 0 spiro atoms. The van der Waals surface area contributed by atoms with Crippen molar-refractivity contribution < 1.29 is 0 Å². The number of hydrogen-bond donors (Lipinski definition) is 2. The fraction of sp³-hybridized carbons (Fsp3) is 1.00. The van der Waals surface area contributed by atoms with Crippen LogP contribution in [0.3, 0.4) is 0 Å². The Hall–Kier alpha value is -0.0800. The lowest BCUT2D eigenvalue weighted by Gasteiger charge is -2.29. The molecule has 1 aliphatic carbocycles. The van der Waals surface area contributed by atoms with Crippen molar-refractivity contribution in [3.05, 3.63) is 0 Å². The molecule has 0 radical (unpaired) electrons. The molecule has 2 nitrogen and oxygen atoms in total. The second kappa shape index (κ2) is 8.92. The van der Waals surface area contributed by atoms with Gasteiger partial charge in [-0.2, -0.15) is 0 Å². The third-order valence-corrected chi connectivity index (χ3v) is 3.94. The quantitative estimate of drug-likeness (QED) is 0.694. The number of rotatable bonds is 8. The van der Waals surface area contributed by atoms with Crippen LogP contribution in [-0.2, 0) is 0 Å². The minimum Gasteiger partial charge on any atom is -0.316 e. The van der Waals surface area contributed by atoms with E-state index in [1.165, 1.54) is 51.9 Å². The van der Waals surface area contributed by atoms with Crippen LogP contribution >= 0.6 is 0 Å². The van der Waals surface area contributed by atoms with Crippen molar-refractivity contribution in [2.24, 2.45) is 23.7 Å². The van der Waals surface area contributed by atoms with E-state index in [0.29, 0.717) is 0 Å². The summed E-state index contributed by atoms with van der Waals surface area (Å²) in [5.74, 6) is 3.43. The Labute approximate surface area is 114 Å². The fourth-order valence-electron chi connectivity index (χ4n) is 2.79. The lowest BCUT2D eigenvalue weighted by Crippen LogP contribution is -2.32. The van der Waals surface area contributed by atoms with E-state index in [9.17, 15) is 0 Å². The van der Waals surface area contributed by atoms with E-state index in [1.54, 1.807) is 0 Å². The highest BCUT2D eigenvalue weighted by atomic mass is 14.9. The number of hydrogen-bond acceptors (Lipinski definition) is 2. The van der Waals surface area contributed by atoms with Crippen LogP contribution in [0.15, 0.2) is 0 Å². The van der Waals surface area contributed by atoms with Crippen LogP contribution in [0, 0.1) is 23.7 Å². The first kappa shape index (κ1) is 16.0. The molecule has 0 atom stereocenters. The summed E-state index contributed by atoms with van der Waals surface area (Å²) in [6, 6.07) is 0. The second-order valence-electron chi connectivity index (χ2n) is 6.99. The zero-order valence-electron chi connectivity index (χ0n) is 13.0. The molecular formula is C16H34N2. The standard InChI is InChI=1S/C16H34N2/c1-13(2)9-17-11-15-5-7-16(8-6-15)12-18-10-14(3)4/h13-18H,5-12H2,1-4H3. The van der Waals surface area contributed by atoms with E-state index in [2.05, 4.69) is 38.3 Å². The van der Waals surface area contributed by atoms with Crippen molar-refractivity contribution in [3.63, 3.8) is 0 Å². The fourth-order valence-corrected chi connectivity index (χ4v) is 2.79. The Morgan fingerprint density at radius 2 is 1.06 bits per heavy atom. The van der Waals surface area contributed by atoms with Gasteiger partial charge in [0.1, 0.15) is 0 Å². The van der Waals surface area contributed by atoms with Crippen molar-refractivity contribution in [1.82, 2.24) is 10.6 Å². The molecule has 0 aromatic carbocycles. The molecule has 1 saturated carbocycles. The van der Waals surface area contributed by atoms with Gasteiger partial charge in [0.2, 0.25) is 0 Å². The smallest absolute Gasteiger partial charge is 0.00204 e. The first-order valence-corrected chi connectivity index (χ1v) is 7.99. The zero-order valence-corrected chi connectivity index (χ0v) is 13.0. The summed E-state index contributed by atoms with van der Waals surface area (Å²) in [4.78, 5) is 0. The van der Waals surface area contributed by atoms with E-state index in [0.717, 1.165) is 23.7 Å². The van der Waals surface area contributed by atoms with Gasteiger partial charge in [0.25, 0.3) is 0 Å². The molecule has 0 bridgehead atoms. The first-order chi connectivity index (χ1) is 8.58. The Morgan fingerprint density at radius 1 is 0.722 bits per heavy atom. The summed E-state index contributed by atoms with van der Waals surface area (Å²) in [7, 11) is 0. The van der Waals surface area contributed by atoms with Crippen LogP contribution in [-0.4, -0.2) is 26.2 Å². The van der Waals surface area contributed by atoms with E-state index < -0.39 is 0 Å². The Kier molecular flexibility index (Phi) is 7.92. The Bertz CT molecular complexity index is 171. The predicted molar refractivity (Wildman–Crippen MR) is 80.9 cm³/mol. The highest BCUT2D eigenvalue weighted by Gasteiger charge is 2.20. The molecule has 0 aromatic rings. The van der Waals surface area contributed by atoms with Gasteiger partial charge >= 0.3 is 0 Å². The second-order valence-corrected chi connectivity index (χ2v) is 6.99. The number of nitrogens with one attached hydrogen (secondary N) is 2. The lowest BCUT2D eigenvalue weighted by atomic mass is 9.82.